The molecule has 0 atom stereocenters. The number of hydrogen-bond acceptors (Lipinski definition) is 3. The number of anilines is 1. The van der Waals surface area contributed by atoms with Gasteiger partial charge in [-0.2, -0.15) is 0 Å². The quantitative estimate of drug-likeness (QED) is 0.681. The second kappa shape index (κ2) is 5.01. The number of carbonyl (C=O) groups is 1. The molecule has 4 nitrogen and oxygen atoms in total. The smallest absolute Gasteiger partial charge is 0.226 e. The van der Waals surface area contributed by atoms with Crippen LogP contribution in [-0.2, 0) is 11.2 Å². The number of rotatable bonds is 4. The molecule has 0 aliphatic rings. The molecule has 0 spiro atoms. The van der Waals surface area contributed by atoms with Gasteiger partial charge >= 0.3 is 0 Å². The Morgan fingerprint density at radius 1 is 1.64 bits per heavy atom. The van der Waals surface area contributed by atoms with E-state index in [1.54, 1.807) is 18.2 Å². The van der Waals surface area contributed by atoms with Gasteiger partial charge in [-0.1, -0.05) is 6.08 Å². The molecule has 4 heteroatoms. The van der Waals surface area contributed by atoms with Crippen LogP contribution in [0.5, 0.6) is 0 Å². The molecule has 1 rings (SSSR count). The van der Waals surface area contributed by atoms with E-state index >= 15 is 0 Å². The minimum Gasteiger partial charge on any atom is -0.397 e. The molecule has 0 radical (unpaired) electrons. The van der Waals surface area contributed by atoms with Crippen LogP contribution in [0.2, 0.25) is 0 Å². The van der Waals surface area contributed by atoms with Gasteiger partial charge in [0.2, 0.25) is 5.91 Å². The molecule has 0 aliphatic heterocycles. The lowest BCUT2D eigenvalue weighted by Crippen LogP contribution is -2.25. The maximum atomic E-state index is 11.2. The fourth-order valence-electron chi connectivity index (χ4n) is 0.954. The summed E-state index contributed by atoms with van der Waals surface area (Å²) in [4.78, 5) is 15.2. The number of amides is 1. The largest absolute Gasteiger partial charge is 0.397 e. The third-order valence-electron chi connectivity index (χ3n) is 1.63. The molecule has 3 N–H and O–H groups in total. The zero-order valence-electron chi connectivity index (χ0n) is 7.86. The second-order valence-electron chi connectivity index (χ2n) is 2.85. The van der Waals surface area contributed by atoms with Crippen LogP contribution in [0.1, 0.15) is 5.69 Å². The van der Waals surface area contributed by atoms with Gasteiger partial charge in [0.25, 0.3) is 0 Å². The fourth-order valence-corrected chi connectivity index (χ4v) is 0.954. The van der Waals surface area contributed by atoms with Gasteiger partial charge in [-0.3, -0.25) is 9.78 Å². The van der Waals surface area contributed by atoms with Crippen LogP contribution in [0, 0.1) is 0 Å². The van der Waals surface area contributed by atoms with E-state index in [2.05, 4.69) is 16.9 Å². The molecule has 0 saturated carbocycles. The van der Waals surface area contributed by atoms with Gasteiger partial charge < -0.3 is 11.1 Å². The molecule has 0 unspecified atom stereocenters. The summed E-state index contributed by atoms with van der Waals surface area (Å²) in [6.45, 7) is 3.98. The van der Waals surface area contributed by atoms with E-state index in [9.17, 15) is 4.79 Å². The first-order chi connectivity index (χ1) is 6.72. The molecule has 0 aromatic carbocycles. The van der Waals surface area contributed by atoms with Crippen LogP contribution in [0.4, 0.5) is 5.69 Å². The highest BCUT2D eigenvalue weighted by Gasteiger charge is 2.02. The minimum atomic E-state index is -0.0674. The second-order valence-corrected chi connectivity index (χ2v) is 2.85. The van der Waals surface area contributed by atoms with Crippen molar-refractivity contribution in [2.24, 2.45) is 0 Å². The zero-order chi connectivity index (χ0) is 10.4. The van der Waals surface area contributed by atoms with Gasteiger partial charge in [0.15, 0.2) is 0 Å². The summed E-state index contributed by atoms with van der Waals surface area (Å²) >= 11 is 0. The van der Waals surface area contributed by atoms with E-state index in [0.29, 0.717) is 17.9 Å². The first kappa shape index (κ1) is 10.2. The molecule has 1 aromatic rings. The lowest BCUT2D eigenvalue weighted by Gasteiger charge is -2.01. The number of hydrogen-bond donors (Lipinski definition) is 2. The number of carbonyl (C=O) groups excluding carboxylic acids is 1. The molecule has 0 aliphatic carbocycles. The summed E-state index contributed by atoms with van der Waals surface area (Å²) in [6.07, 6.45) is 3.44. The van der Waals surface area contributed by atoms with Gasteiger partial charge in [-0.15, -0.1) is 6.58 Å². The van der Waals surface area contributed by atoms with Gasteiger partial charge in [0.05, 0.1) is 18.3 Å². The summed E-state index contributed by atoms with van der Waals surface area (Å²) in [5.74, 6) is -0.0674. The number of nitrogens with one attached hydrogen (secondary N) is 1. The fraction of sp³-hybridized carbons (Fsp3) is 0.200. The Morgan fingerprint density at radius 3 is 3.00 bits per heavy atom. The monoisotopic (exact) mass is 191 g/mol. The minimum absolute atomic E-state index is 0.0674. The molecule has 0 saturated heterocycles. The first-order valence-corrected chi connectivity index (χ1v) is 4.30. The lowest BCUT2D eigenvalue weighted by atomic mass is 10.2. The topological polar surface area (TPSA) is 68.0 Å². The van der Waals surface area contributed by atoms with Crippen LogP contribution in [0.25, 0.3) is 0 Å². The van der Waals surface area contributed by atoms with Gasteiger partial charge in [-0.25, -0.2) is 0 Å². The van der Waals surface area contributed by atoms with Crippen molar-refractivity contribution in [1.29, 1.82) is 0 Å². The molecule has 0 fully saturated rings. The Labute approximate surface area is 82.8 Å². The Hall–Kier alpha value is -1.84. The molecule has 1 heterocycles. The molecule has 1 amide bonds. The van der Waals surface area contributed by atoms with E-state index < -0.39 is 0 Å². The van der Waals surface area contributed by atoms with E-state index in [4.69, 9.17) is 5.73 Å². The van der Waals surface area contributed by atoms with Crippen LogP contribution in [-0.4, -0.2) is 17.4 Å². The van der Waals surface area contributed by atoms with Crippen molar-refractivity contribution in [3.8, 4) is 0 Å². The van der Waals surface area contributed by atoms with Crippen molar-refractivity contribution in [3.63, 3.8) is 0 Å². The van der Waals surface area contributed by atoms with E-state index in [-0.39, 0.29) is 12.3 Å². The summed E-state index contributed by atoms with van der Waals surface area (Å²) < 4.78 is 0. The van der Waals surface area contributed by atoms with Crippen molar-refractivity contribution in [3.05, 3.63) is 36.7 Å². The number of nitrogens with two attached hydrogens (primary N) is 1. The first-order valence-electron chi connectivity index (χ1n) is 4.30. The molecule has 0 bridgehead atoms. The van der Waals surface area contributed by atoms with Gasteiger partial charge in [0, 0.05) is 12.2 Å². The molecular weight excluding hydrogens is 178 g/mol. The van der Waals surface area contributed by atoms with Crippen LogP contribution >= 0.6 is 0 Å². The maximum Gasteiger partial charge on any atom is 0.226 e. The van der Waals surface area contributed by atoms with Crippen molar-refractivity contribution < 1.29 is 4.79 Å². The van der Waals surface area contributed by atoms with Crippen molar-refractivity contribution in [1.82, 2.24) is 10.3 Å². The number of pyridine rings is 1. The average molecular weight is 191 g/mol. The lowest BCUT2D eigenvalue weighted by molar-refractivity contribution is -0.120. The van der Waals surface area contributed by atoms with Crippen LogP contribution < -0.4 is 11.1 Å². The summed E-state index contributed by atoms with van der Waals surface area (Å²) in [5, 5.41) is 2.67. The van der Waals surface area contributed by atoms with Crippen LogP contribution in [0.15, 0.2) is 31.0 Å². The molecule has 74 valence electrons. The highest BCUT2D eigenvalue weighted by Crippen LogP contribution is 2.01. The van der Waals surface area contributed by atoms with E-state index in [1.807, 2.05) is 0 Å². The molecule has 1 aromatic heterocycles. The summed E-state index contributed by atoms with van der Waals surface area (Å²) in [7, 11) is 0. The van der Waals surface area contributed by atoms with E-state index in [1.165, 1.54) is 6.20 Å². The zero-order valence-corrected chi connectivity index (χ0v) is 7.86. The highest BCUT2D eigenvalue weighted by atomic mass is 16.1. The summed E-state index contributed by atoms with van der Waals surface area (Å²) in [6, 6.07) is 3.46. The maximum absolute atomic E-state index is 11.2. The normalized spacial score (nSPS) is 9.43. The Kier molecular flexibility index (Phi) is 3.67. The Bertz CT molecular complexity index is 319. The Morgan fingerprint density at radius 2 is 2.43 bits per heavy atom. The third-order valence-corrected chi connectivity index (χ3v) is 1.63. The van der Waals surface area contributed by atoms with E-state index in [0.717, 1.165) is 0 Å². The summed E-state index contributed by atoms with van der Waals surface area (Å²) in [5.41, 5.74) is 6.77. The van der Waals surface area contributed by atoms with Gasteiger partial charge in [0.1, 0.15) is 0 Å². The van der Waals surface area contributed by atoms with Crippen molar-refractivity contribution >= 4 is 11.6 Å². The third kappa shape index (κ3) is 3.26. The van der Waals surface area contributed by atoms with Gasteiger partial charge in [-0.05, 0) is 12.1 Å². The number of nitrogen functional groups attached to an aromatic ring is 1. The average Bonchev–Trinajstić information content (AvgIpc) is 2.18. The SMILES string of the molecule is C=CCNC(=O)Cc1ccc(N)cn1. The Balaban J connectivity index is 2.47. The van der Waals surface area contributed by atoms with Crippen LogP contribution in [0.3, 0.4) is 0 Å². The standard InChI is InChI=1S/C10H13N3O/c1-2-5-12-10(14)6-9-4-3-8(11)7-13-9/h2-4,7H,1,5-6,11H2,(H,12,14). The van der Waals surface area contributed by atoms with Crippen molar-refractivity contribution in [2.45, 2.75) is 6.42 Å². The predicted molar refractivity (Wildman–Crippen MR) is 55.6 cm³/mol. The molecular formula is C10H13N3O. The number of nitrogens with zero attached hydrogens (tertiary/aromatic N) is 1. The van der Waals surface area contributed by atoms with Crippen molar-refractivity contribution in [2.75, 3.05) is 12.3 Å². The molecule has 14 heavy (non-hydrogen) atoms. The predicted octanol–water partition coefficient (Wildman–Crippen LogP) is 0.508. The number of aromatic nitrogens is 1. The highest BCUT2D eigenvalue weighted by molar-refractivity contribution is 5.78.